The van der Waals surface area contributed by atoms with Gasteiger partial charge in [0.15, 0.2) is 0 Å². The minimum Gasteiger partial charge on any atom is -0.328 e. The van der Waals surface area contributed by atoms with E-state index in [1.165, 1.54) is 0 Å². The molecule has 0 aromatic heterocycles. The van der Waals surface area contributed by atoms with Crippen LogP contribution in [0.25, 0.3) is 0 Å². The van der Waals surface area contributed by atoms with E-state index in [9.17, 15) is 5.11 Å². The van der Waals surface area contributed by atoms with Crippen molar-refractivity contribution in [2.75, 3.05) is 13.2 Å². The summed E-state index contributed by atoms with van der Waals surface area (Å²) >= 11 is 0. The van der Waals surface area contributed by atoms with Crippen molar-refractivity contribution >= 4 is 0 Å². The van der Waals surface area contributed by atoms with E-state index in [2.05, 4.69) is 13.8 Å². The van der Waals surface area contributed by atoms with Crippen LogP contribution in [-0.4, -0.2) is 19.7 Å². The van der Waals surface area contributed by atoms with E-state index in [1.54, 1.807) is 0 Å². The SMILES string of the molecule is CCCCCOC([O])OCCCCC. The first-order valence-electron chi connectivity index (χ1n) is 5.70. The van der Waals surface area contributed by atoms with Gasteiger partial charge in [0.25, 0.3) is 0 Å². The molecule has 0 spiro atoms. The largest absolute Gasteiger partial charge is 0.328 e. The van der Waals surface area contributed by atoms with Gasteiger partial charge in [0.05, 0.1) is 13.2 Å². The number of hydrogen-bond acceptors (Lipinski definition) is 2. The molecule has 14 heavy (non-hydrogen) atoms. The minimum atomic E-state index is -1.27. The molecular formula is C11H23O3. The molecule has 0 amide bonds. The molecule has 3 heteroatoms. The van der Waals surface area contributed by atoms with E-state index in [1.807, 2.05) is 0 Å². The van der Waals surface area contributed by atoms with Crippen molar-refractivity contribution in [3.63, 3.8) is 0 Å². The zero-order chi connectivity index (χ0) is 10.6. The summed E-state index contributed by atoms with van der Waals surface area (Å²) in [5.74, 6) is 0. The molecule has 3 nitrogen and oxygen atoms in total. The summed E-state index contributed by atoms with van der Waals surface area (Å²) in [6.07, 6.45) is 6.42. The third kappa shape index (κ3) is 9.96. The van der Waals surface area contributed by atoms with Gasteiger partial charge in [-0.25, -0.2) is 0 Å². The Bertz CT molecular complexity index is 94.7. The van der Waals surface area contributed by atoms with Gasteiger partial charge in [0.1, 0.15) is 0 Å². The van der Waals surface area contributed by atoms with Gasteiger partial charge >= 0.3 is 6.48 Å². The molecular weight excluding hydrogens is 180 g/mol. The molecule has 0 fully saturated rings. The lowest BCUT2D eigenvalue weighted by Crippen LogP contribution is -2.16. The molecule has 0 saturated carbocycles. The van der Waals surface area contributed by atoms with Gasteiger partial charge in [0, 0.05) is 0 Å². The van der Waals surface area contributed by atoms with Gasteiger partial charge in [0.2, 0.25) is 0 Å². The second kappa shape index (κ2) is 11.0. The Morgan fingerprint density at radius 2 is 1.29 bits per heavy atom. The smallest absolute Gasteiger partial charge is 0.301 e. The van der Waals surface area contributed by atoms with Crippen LogP contribution in [0, 0.1) is 0 Å². The van der Waals surface area contributed by atoms with Gasteiger partial charge in [-0.3, -0.25) is 0 Å². The van der Waals surface area contributed by atoms with Crippen LogP contribution in [0.1, 0.15) is 52.4 Å². The van der Waals surface area contributed by atoms with Gasteiger partial charge in [-0.2, -0.15) is 5.11 Å². The van der Waals surface area contributed by atoms with Crippen LogP contribution in [0.2, 0.25) is 0 Å². The van der Waals surface area contributed by atoms with Gasteiger partial charge < -0.3 is 9.47 Å². The Hall–Kier alpha value is -0.120. The molecule has 0 aliphatic carbocycles. The van der Waals surface area contributed by atoms with Crippen LogP contribution in [0.15, 0.2) is 0 Å². The van der Waals surface area contributed by atoms with Crippen molar-refractivity contribution in [3.8, 4) is 0 Å². The average Bonchev–Trinajstić information content (AvgIpc) is 2.19. The van der Waals surface area contributed by atoms with E-state index >= 15 is 0 Å². The first-order valence-corrected chi connectivity index (χ1v) is 5.70. The molecule has 0 bridgehead atoms. The average molecular weight is 203 g/mol. The number of hydrogen-bond donors (Lipinski definition) is 0. The molecule has 0 aliphatic heterocycles. The first-order chi connectivity index (χ1) is 6.81. The molecule has 1 radical (unpaired) electrons. The summed E-state index contributed by atoms with van der Waals surface area (Å²) < 4.78 is 9.89. The fourth-order valence-corrected chi connectivity index (χ4v) is 1.11. The highest BCUT2D eigenvalue weighted by molar-refractivity contribution is 4.37. The molecule has 0 aromatic rings. The molecule has 0 heterocycles. The van der Waals surface area contributed by atoms with Crippen molar-refractivity contribution in [2.24, 2.45) is 0 Å². The van der Waals surface area contributed by atoms with Gasteiger partial charge in [-0.05, 0) is 12.8 Å². The second-order valence-electron chi connectivity index (χ2n) is 3.44. The Balaban J connectivity index is 3.07. The lowest BCUT2D eigenvalue weighted by atomic mass is 10.3. The Morgan fingerprint density at radius 1 is 0.857 bits per heavy atom. The maximum absolute atomic E-state index is 11.0. The summed E-state index contributed by atoms with van der Waals surface area (Å²) in [5, 5.41) is 11.0. The van der Waals surface area contributed by atoms with Crippen LogP contribution >= 0.6 is 0 Å². The maximum atomic E-state index is 11.0. The predicted molar refractivity (Wildman–Crippen MR) is 55.4 cm³/mol. The number of unbranched alkanes of at least 4 members (excludes halogenated alkanes) is 4. The lowest BCUT2D eigenvalue weighted by molar-refractivity contribution is -0.292. The molecule has 85 valence electrons. The molecule has 0 atom stereocenters. The summed E-state index contributed by atoms with van der Waals surface area (Å²) in [7, 11) is 0. The van der Waals surface area contributed by atoms with Crippen LogP contribution in [0.5, 0.6) is 0 Å². The lowest BCUT2D eigenvalue weighted by Gasteiger charge is -2.10. The zero-order valence-corrected chi connectivity index (χ0v) is 9.46. The summed E-state index contributed by atoms with van der Waals surface area (Å²) in [4.78, 5) is 0. The fourth-order valence-electron chi connectivity index (χ4n) is 1.11. The monoisotopic (exact) mass is 203 g/mol. The van der Waals surface area contributed by atoms with Crippen LogP contribution in [0.3, 0.4) is 0 Å². The molecule has 0 aromatic carbocycles. The quantitative estimate of drug-likeness (QED) is 0.404. The highest BCUT2D eigenvalue weighted by atomic mass is 16.8. The van der Waals surface area contributed by atoms with Crippen molar-refractivity contribution in [3.05, 3.63) is 0 Å². The van der Waals surface area contributed by atoms with Crippen molar-refractivity contribution in [1.29, 1.82) is 0 Å². The minimum absolute atomic E-state index is 0.524. The standard InChI is InChI=1S/C11H23O3/c1-3-5-7-9-13-11(12)14-10-8-6-4-2/h11H,3-10H2,1-2H3. The van der Waals surface area contributed by atoms with E-state index in [-0.39, 0.29) is 0 Å². The summed E-state index contributed by atoms with van der Waals surface area (Å²) in [6.45, 7) is 4.01. The van der Waals surface area contributed by atoms with Gasteiger partial charge in [-0.15, -0.1) is 0 Å². The molecule has 0 unspecified atom stereocenters. The third-order valence-corrected chi connectivity index (χ3v) is 2.00. The van der Waals surface area contributed by atoms with E-state index in [0.717, 1.165) is 38.5 Å². The molecule has 0 aliphatic rings. The predicted octanol–water partition coefficient (Wildman–Crippen LogP) is 3.11. The van der Waals surface area contributed by atoms with Crippen molar-refractivity contribution in [1.82, 2.24) is 0 Å². The highest BCUT2D eigenvalue weighted by Gasteiger charge is 2.04. The Labute approximate surface area is 87.4 Å². The van der Waals surface area contributed by atoms with Crippen LogP contribution < -0.4 is 0 Å². The van der Waals surface area contributed by atoms with Crippen molar-refractivity contribution in [2.45, 2.75) is 58.8 Å². The topological polar surface area (TPSA) is 38.4 Å². The van der Waals surface area contributed by atoms with Crippen molar-refractivity contribution < 1.29 is 14.6 Å². The third-order valence-electron chi connectivity index (χ3n) is 2.00. The van der Waals surface area contributed by atoms with E-state index in [4.69, 9.17) is 9.47 Å². The number of ether oxygens (including phenoxy) is 2. The van der Waals surface area contributed by atoms with Crippen LogP contribution in [-0.2, 0) is 14.6 Å². The van der Waals surface area contributed by atoms with E-state index < -0.39 is 6.48 Å². The second-order valence-corrected chi connectivity index (χ2v) is 3.44. The first kappa shape index (κ1) is 13.9. The molecule has 0 saturated heterocycles. The van der Waals surface area contributed by atoms with Gasteiger partial charge in [-0.1, -0.05) is 39.5 Å². The Morgan fingerprint density at radius 3 is 1.64 bits per heavy atom. The molecule has 0 N–H and O–H groups in total. The Kier molecular flexibility index (Phi) is 10.9. The normalized spacial score (nSPS) is 11.1. The maximum Gasteiger partial charge on any atom is 0.301 e. The zero-order valence-electron chi connectivity index (χ0n) is 9.46. The number of rotatable bonds is 10. The fraction of sp³-hybridized carbons (Fsp3) is 1.00. The van der Waals surface area contributed by atoms with Crippen LogP contribution in [0.4, 0.5) is 0 Å². The summed E-state index contributed by atoms with van der Waals surface area (Å²) in [6, 6.07) is 0. The molecule has 0 rings (SSSR count). The summed E-state index contributed by atoms with van der Waals surface area (Å²) in [5.41, 5.74) is 0. The van der Waals surface area contributed by atoms with E-state index in [0.29, 0.717) is 13.2 Å². The highest BCUT2D eigenvalue weighted by Crippen LogP contribution is 2.00.